The molecule has 4 saturated carbocycles. The smallest absolute Gasteiger partial charge is 0.331 e. The van der Waals surface area contributed by atoms with Gasteiger partial charge in [-0.1, -0.05) is 52.8 Å². The van der Waals surface area contributed by atoms with Crippen LogP contribution in [0.15, 0.2) is 35.1 Å². The minimum absolute atomic E-state index is 0.0606. The molecule has 0 saturated heterocycles. The van der Waals surface area contributed by atoms with Crippen LogP contribution in [0.3, 0.4) is 0 Å². The molecule has 40 heavy (non-hydrogen) atoms. The third-order valence-corrected chi connectivity index (χ3v) is 13.0. The number of carboxylic acids is 1. The first-order valence-corrected chi connectivity index (χ1v) is 15.5. The van der Waals surface area contributed by atoms with Crippen molar-refractivity contribution in [3.63, 3.8) is 0 Å². The molecule has 10 atom stereocenters. The Morgan fingerprint density at radius 1 is 1.05 bits per heavy atom. The molecule has 0 bridgehead atoms. The quantitative estimate of drug-likeness (QED) is 0.190. The number of Topliss-reactive ketones (excluding diaryl/α,β-unsaturated/α-hetero) is 1. The number of rotatable bonds is 7. The fourth-order valence-electron chi connectivity index (χ4n) is 10.5. The van der Waals surface area contributed by atoms with Crippen molar-refractivity contribution in [1.82, 2.24) is 0 Å². The number of carbonyl (C=O) groups is 2. The summed E-state index contributed by atoms with van der Waals surface area (Å²) in [6, 6.07) is 0. The van der Waals surface area contributed by atoms with E-state index in [4.69, 9.17) is 4.74 Å². The minimum atomic E-state index is -0.876. The average molecular weight is 555 g/mol. The Labute approximate surface area is 242 Å². The Hall–Kier alpha value is -1.88. The van der Waals surface area contributed by atoms with Crippen molar-refractivity contribution in [3.8, 4) is 0 Å². The van der Waals surface area contributed by atoms with Gasteiger partial charge >= 0.3 is 5.97 Å². The number of hydrogen-bond acceptors (Lipinski definition) is 4. The summed E-state index contributed by atoms with van der Waals surface area (Å²) in [6.07, 6.45) is 7.43. The van der Waals surface area contributed by atoms with Crippen molar-refractivity contribution >= 4 is 11.8 Å². The molecule has 0 radical (unpaired) electrons. The Morgan fingerprint density at radius 2 is 1.70 bits per heavy atom. The Balaban J connectivity index is 1.81. The number of aliphatic carboxylic acids is 1. The lowest BCUT2D eigenvalue weighted by atomic mass is 9.35. The molecule has 4 fully saturated rings. The molecule has 0 aromatic rings. The maximum atomic E-state index is 12.8. The van der Waals surface area contributed by atoms with Crippen LogP contribution in [-0.2, 0) is 14.3 Å². The molecule has 5 nitrogen and oxygen atoms in total. The molecule has 1 unspecified atom stereocenters. The second-order valence-electron chi connectivity index (χ2n) is 15.2. The van der Waals surface area contributed by atoms with Crippen molar-refractivity contribution in [2.45, 2.75) is 126 Å². The first kappa shape index (κ1) is 31.1. The lowest BCUT2D eigenvalue weighted by Crippen LogP contribution is -2.66. The SMILES string of the molecule is C=C(C)OC1C[C@@]2(C)[C@@H](C[C@@H](O)[C@H]3[C@@]4(C)CC[C@@](C)(C(C)=O)[C@@H](C)[C@@H]4CC[C@@]32C)/C1=C(\CCC=C(C)C)C(=O)O. The van der Waals surface area contributed by atoms with Gasteiger partial charge in [0, 0.05) is 11.0 Å². The molecule has 0 aliphatic heterocycles. The van der Waals surface area contributed by atoms with E-state index in [-0.39, 0.29) is 51.3 Å². The molecule has 4 rings (SSSR count). The van der Waals surface area contributed by atoms with E-state index in [0.717, 1.165) is 37.7 Å². The van der Waals surface area contributed by atoms with Gasteiger partial charge < -0.3 is 14.9 Å². The molecule has 4 aliphatic rings. The fraction of sp³-hybridized carbons (Fsp3) is 0.771. The van der Waals surface area contributed by atoms with Crippen LogP contribution >= 0.6 is 0 Å². The highest BCUT2D eigenvalue weighted by atomic mass is 16.5. The summed E-state index contributed by atoms with van der Waals surface area (Å²) in [5.74, 6) is 0.669. The van der Waals surface area contributed by atoms with Gasteiger partial charge in [-0.15, -0.1) is 0 Å². The monoisotopic (exact) mass is 554 g/mol. The zero-order chi connectivity index (χ0) is 30.0. The second kappa shape index (κ2) is 10.4. The van der Waals surface area contributed by atoms with Crippen LogP contribution in [0.2, 0.25) is 0 Å². The third-order valence-electron chi connectivity index (χ3n) is 13.0. The number of hydrogen-bond donors (Lipinski definition) is 2. The number of carbonyl (C=O) groups excluding carboxylic acids is 1. The maximum absolute atomic E-state index is 12.8. The molecule has 0 heterocycles. The number of carboxylic acid groups (broad SMARTS) is 1. The van der Waals surface area contributed by atoms with Gasteiger partial charge in [0.05, 0.1) is 11.9 Å². The van der Waals surface area contributed by atoms with Gasteiger partial charge in [0.25, 0.3) is 0 Å². The Kier molecular flexibility index (Phi) is 8.11. The predicted molar refractivity (Wildman–Crippen MR) is 159 cm³/mol. The number of aliphatic hydroxyl groups excluding tert-OH is 1. The van der Waals surface area contributed by atoms with E-state index in [1.807, 2.05) is 20.8 Å². The highest BCUT2D eigenvalue weighted by molar-refractivity contribution is 5.88. The lowest BCUT2D eigenvalue weighted by Gasteiger charge is -2.70. The average Bonchev–Trinajstić information content (AvgIpc) is 3.10. The number of fused-ring (bicyclic) bond motifs is 5. The molecular formula is C35H54O5. The maximum Gasteiger partial charge on any atom is 0.331 e. The Bertz CT molecular complexity index is 1130. The van der Waals surface area contributed by atoms with Crippen LogP contribution in [-0.4, -0.2) is 34.2 Å². The second-order valence-corrected chi connectivity index (χ2v) is 15.2. The van der Waals surface area contributed by atoms with Crippen LogP contribution < -0.4 is 0 Å². The van der Waals surface area contributed by atoms with E-state index >= 15 is 0 Å². The molecule has 0 aromatic heterocycles. The highest BCUT2D eigenvalue weighted by Gasteiger charge is 2.71. The van der Waals surface area contributed by atoms with Crippen molar-refractivity contribution in [1.29, 1.82) is 0 Å². The van der Waals surface area contributed by atoms with Crippen molar-refractivity contribution in [2.24, 2.45) is 45.3 Å². The zero-order valence-corrected chi connectivity index (χ0v) is 26.5. The molecule has 224 valence electrons. The Morgan fingerprint density at radius 3 is 2.25 bits per heavy atom. The fourth-order valence-corrected chi connectivity index (χ4v) is 10.5. The number of aliphatic hydroxyl groups is 1. The summed E-state index contributed by atoms with van der Waals surface area (Å²) in [6.45, 7) is 23.2. The van der Waals surface area contributed by atoms with E-state index in [1.54, 1.807) is 6.92 Å². The minimum Gasteiger partial charge on any atom is -0.491 e. The highest BCUT2D eigenvalue weighted by Crippen LogP contribution is 2.75. The van der Waals surface area contributed by atoms with Gasteiger partial charge in [0.2, 0.25) is 0 Å². The van der Waals surface area contributed by atoms with Gasteiger partial charge in [-0.25, -0.2) is 4.79 Å². The zero-order valence-electron chi connectivity index (χ0n) is 26.5. The summed E-state index contributed by atoms with van der Waals surface area (Å²) < 4.78 is 6.35. The van der Waals surface area contributed by atoms with Gasteiger partial charge in [0.1, 0.15) is 11.9 Å². The van der Waals surface area contributed by atoms with Gasteiger partial charge in [-0.05, 0) is 125 Å². The summed E-state index contributed by atoms with van der Waals surface area (Å²) in [5.41, 5.74) is 1.72. The van der Waals surface area contributed by atoms with E-state index < -0.39 is 12.1 Å². The topological polar surface area (TPSA) is 83.8 Å². The third kappa shape index (κ3) is 4.53. The number of allylic oxidation sites excluding steroid dienone is 3. The van der Waals surface area contributed by atoms with Gasteiger partial charge in [-0.3, -0.25) is 4.79 Å². The predicted octanol–water partition coefficient (Wildman–Crippen LogP) is 7.89. The first-order valence-electron chi connectivity index (χ1n) is 15.5. The molecule has 2 N–H and O–H groups in total. The summed E-state index contributed by atoms with van der Waals surface area (Å²) in [4.78, 5) is 25.5. The molecule has 0 amide bonds. The van der Waals surface area contributed by atoms with Crippen LogP contribution in [0.5, 0.6) is 0 Å². The van der Waals surface area contributed by atoms with E-state index in [0.29, 0.717) is 36.5 Å². The van der Waals surface area contributed by atoms with E-state index in [1.165, 1.54) is 5.57 Å². The normalized spacial score (nSPS) is 45.5. The van der Waals surface area contributed by atoms with Crippen molar-refractivity contribution < 1.29 is 24.5 Å². The van der Waals surface area contributed by atoms with E-state index in [9.17, 15) is 19.8 Å². The number of ketones is 1. The van der Waals surface area contributed by atoms with Gasteiger partial charge in [0.15, 0.2) is 0 Å². The van der Waals surface area contributed by atoms with Crippen LogP contribution in [0.1, 0.15) is 114 Å². The molecule has 0 aromatic carbocycles. The molecule has 4 aliphatic carbocycles. The largest absolute Gasteiger partial charge is 0.491 e. The lowest BCUT2D eigenvalue weighted by molar-refractivity contribution is -0.235. The summed E-state index contributed by atoms with van der Waals surface area (Å²) in [5, 5.41) is 22.6. The molecular weight excluding hydrogens is 500 g/mol. The van der Waals surface area contributed by atoms with E-state index in [2.05, 4.69) is 47.3 Å². The molecule has 5 heteroatoms. The van der Waals surface area contributed by atoms with Gasteiger partial charge in [-0.2, -0.15) is 0 Å². The first-order chi connectivity index (χ1) is 18.4. The van der Waals surface area contributed by atoms with Crippen LogP contribution in [0.4, 0.5) is 0 Å². The number of ether oxygens (including phenoxy) is 1. The van der Waals surface area contributed by atoms with Crippen molar-refractivity contribution in [2.75, 3.05) is 0 Å². The van der Waals surface area contributed by atoms with Crippen LogP contribution in [0.25, 0.3) is 0 Å². The van der Waals surface area contributed by atoms with Crippen LogP contribution in [0, 0.1) is 45.3 Å². The van der Waals surface area contributed by atoms with Crippen molar-refractivity contribution in [3.05, 3.63) is 35.1 Å². The summed E-state index contributed by atoms with van der Waals surface area (Å²) >= 11 is 0. The summed E-state index contributed by atoms with van der Waals surface area (Å²) in [7, 11) is 0. The standard InChI is InChI=1S/C35H54O5/c1-20(2)12-11-13-24(31(38)39)29-26-18-27(37)30-33(8)17-16-32(7,23(6)36)22(5)25(33)14-15-34(30,9)35(26,10)19-28(29)40-21(3)4/h12,22,25-28,30,37H,3,11,13-19H2,1-2,4-10H3,(H,38,39)/b29-24-/t22-,25-,26-,27+,28?,30-,32+,33-,34-,35-/m0/s1. The molecule has 0 spiro atoms.